The molecule has 1 aromatic rings. The van der Waals surface area contributed by atoms with Crippen molar-refractivity contribution in [2.45, 2.75) is 38.8 Å². The fourth-order valence-corrected chi connectivity index (χ4v) is 1.93. The van der Waals surface area contributed by atoms with Crippen LogP contribution in [0.5, 0.6) is 0 Å². The molecule has 1 aromatic carbocycles. The van der Waals surface area contributed by atoms with Gasteiger partial charge in [0, 0.05) is 12.7 Å². The van der Waals surface area contributed by atoms with Crippen LogP contribution in [0, 0.1) is 5.92 Å². The molecule has 0 fully saturated rings. The van der Waals surface area contributed by atoms with Crippen LogP contribution in [0.3, 0.4) is 0 Å². The first kappa shape index (κ1) is 19.4. The summed E-state index contributed by atoms with van der Waals surface area (Å²) in [4.78, 5) is 12.3. The largest absolute Gasteiger partial charge is 0.525 e. The van der Waals surface area contributed by atoms with Gasteiger partial charge in [0.25, 0.3) is 0 Å². The van der Waals surface area contributed by atoms with Crippen LogP contribution in [0.2, 0.25) is 0 Å². The molecule has 4 nitrogen and oxygen atoms in total. The quantitative estimate of drug-likeness (QED) is 0.532. The number of hydrogen-bond acceptors (Lipinski definition) is 4. The van der Waals surface area contributed by atoms with Crippen molar-refractivity contribution >= 4 is 5.97 Å². The molecule has 23 heavy (non-hydrogen) atoms. The molecule has 0 amide bonds. The number of ether oxygens (including phenoxy) is 3. The van der Waals surface area contributed by atoms with Gasteiger partial charge in [-0.3, -0.25) is 0 Å². The van der Waals surface area contributed by atoms with E-state index in [0.717, 1.165) is 13.5 Å². The second-order valence-electron chi connectivity index (χ2n) is 5.17. The highest BCUT2D eigenvalue weighted by Crippen LogP contribution is 2.35. The molecule has 0 saturated carbocycles. The molecular weight excluding hydrogens is 313 g/mol. The fraction of sp³-hybridized carbons (Fsp3) is 0.562. The van der Waals surface area contributed by atoms with Crippen LogP contribution < -0.4 is 0 Å². The monoisotopic (exact) mass is 334 g/mol. The van der Waals surface area contributed by atoms with Crippen molar-refractivity contribution in [3.63, 3.8) is 0 Å². The normalized spacial score (nSPS) is 15.7. The van der Waals surface area contributed by atoms with Gasteiger partial charge in [-0.25, -0.2) is 9.53 Å². The zero-order valence-electron chi connectivity index (χ0n) is 13.4. The summed E-state index contributed by atoms with van der Waals surface area (Å²) in [6, 6.07) is 7.19. The van der Waals surface area contributed by atoms with Gasteiger partial charge in [0.1, 0.15) is 0 Å². The highest BCUT2D eigenvalue weighted by atomic mass is 19.4. The first-order valence-electron chi connectivity index (χ1n) is 7.30. The lowest BCUT2D eigenvalue weighted by atomic mass is 10.1. The highest BCUT2D eigenvalue weighted by molar-refractivity contribution is 5.79. The van der Waals surface area contributed by atoms with Gasteiger partial charge in [-0.2, -0.15) is 0 Å². The SMILES string of the molecule is CC[C@H](C)CCOC(=O)[C@@](OC)(OC(F)(F)F)c1ccccc1. The third-order valence-corrected chi connectivity index (χ3v) is 3.51. The molecule has 7 heteroatoms. The van der Waals surface area contributed by atoms with Crippen LogP contribution in [-0.2, 0) is 24.8 Å². The van der Waals surface area contributed by atoms with E-state index < -0.39 is 18.1 Å². The van der Waals surface area contributed by atoms with Crippen LogP contribution in [0.25, 0.3) is 0 Å². The van der Waals surface area contributed by atoms with Gasteiger partial charge >= 0.3 is 18.1 Å². The topological polar surface area (TPSA) is 44.8 Å². The van der Waals surface area contributed by atoms with Crippen molar-refractivity contribution in [3.8, 4) is 0 Å². The summed E-state index contributed by atoms with van der Waals surface area (Å²) in [7, 11) is 0.967. The van der Waals surface area contributed by atoms with Crippen molar-refractivity contribution in [2.75, 3.05) is 13.7 Å². The van der Waals surface area contributed by atoms with Crippen molar-refractivity contribution < 1.29 is 32.2 Å². The van der Waals surface area contributed by atoms with Crippen molar-refractivity contribution in [1.82, 2.24) is 0 Å². The Labute approximate surface area is 133 Å². The third kappa shape index (κ3) is 5.51. The second-order valence-corrected chi connectivity index (χ2v) is 5.17. The van der Waals surface area contributed by atoms with Gasteiger partial charge in [-0.15, -0.1) is 13.2 Å². The van der Waals surface area contributed by atoms with E-state index in [1.165, 1.54) is 24.3 Å². The van der Waals surface area contributed by atoms with Gasteiger partial charge in [-0.05, 0) is 12.3 Å². The molecule has 0 spiro atoms. The molecule has 0 bridgehead atoms. The number of methoxy groups -OCH3 is 1. The highest BCUT2D eigenvalue weighted by Gasteiger charge is 2.52. The minimum atomic E-state index is -5.07. The number of alkyl halides is 3. The van der Waals surface area contributed by atoms with Crippen molar-refractivity contribution in [1.29, 1.82) is 0 Å². The standard InChI is InChI=1S/C16H21F3O4/c1-4-12(2)10-11-22-14(20)15(21-3,23-16(17,18)19)13-8-6-5-7-9-13/h5-9,12H,4,10-11H2,1-3H3/t12-,15-/m0/s1. The molecule has 0 radical (unpaired) electrons. The van der Waals surface area contributed by atoms with Gasteiger partial charge < -0.3 is 9.47 Å². The predicted octanol–water partition coefficient (Wildman–Crippen LogP) is 4.00. The van der Waals surface area contributed by atoms with Crippen LogP contribution in [0.4, 0.5) is 13.2 Å². The molecule has 1 rings (SSSR count). The molecule has 0 aliphatic heterocycles. The van der Waals surface area contributed by atoms with Crippen molar-refractivity contribution in [3.05, 3.63) is 35.9 Å². The number of rotatable bonds is 8. The summed E-state index contributed by atoms with van der Waals surface area (Å²) in [6.07, 6.45) is -3.64. The van der Waals surface area contributed by atoms with E-state index in [9.17, 15) is 18.0 Å². The first-order valence-corrected chi connectivity index (χ1v) is 7.30. The maximum atomic E-state index is 12.8. The van der Waals surface area contributed by atoms with E-state index in [1.54, 1.807) is 6.07 Å². The number of carbonyl (C=O) groups excluding carboxylic acids is 1. The second kappa shape index (κ2) is 8.31. The molecule has 0 unspecified atom stereocenters. The van der Waals surface area contributed by atoms with E-state index in [2.05, 4.69) is 4.74 Å². The Hall–Kier alpha value is -1.60. The van der Waals surface area contributed by atoms with Gasteiger partial charge in [0.05, 0.1) is 6.61 Å². The van der Waals surface area contributed by atoms with E-state index in [-0.39, 0.29) is 12.2 Å². The molecule has 0 saturated heterocycles. The summed E-state index contributed by atoms with van der Waals surface area (Å²) < 4.78 is 52.2. The lowest BCUT2D eigenvalue weighted by Crippen LogP contribution is -2.46. The molecule has 0 aliphatic rings. The van der Waals surface area contributed by atoms with Crippen molar-refractivity contribution in [2.24, 2.45) is 5.92 Å². The van der Waals surface area contributed by atoms with Crippen LogP contribution >= 0.6 is 0 Å². The number of hydrogen-bond donors (Lipinski definition) is 0. The molecule has 0 aliphatic carbocycles. The number of carbonyl (C=O) groups is 1. The minimum Gasteiger partial charge on any atom is -0.461 e. The van der Waals surface area contributed by atoms with E-state index in [1.807, 2.05) is 13.8 Å². The van der Waals surface area contributed by atoms with E-state index >= 15 is 0 Å². The summed E-state index contributed by atoms with van der Waals surface area (Å²) in [5.41, 5.74) is -0.0895. The number of benzene rings is 1. The van der Waals surface area contributed by atoms with Crippen LogP contribution in [-0.4, -0.2) is 26.0 Å². The lowest BCUT2D eigenvalue weighted by Gasteiger charge is -2.30. The average Bonchev–Trinajstić information content (AvgIpc) is 2.52. The van der Waals surface area contributed by atoms with E-state index in [4.69, 9.17) is 9.47 Å². The Morgan fingerprint density at radius 2 is 1.83 bits per heavy atom. The van der Waals surface area contributed by atoms with Gasteiger partial charge in [0.2, 0.25) is 0 Å². The van der Waals surface area contributed by atoms with Crippen LogP contribution in [0.15, 0.2) is 30.3 Å². The summed E-state index contributed by atoms with van der Waals surface area (Å²) in [5.74, 6) is -3.61. The number of esters is 1. The molecular formula is C16H21F3O4. The Morgan fingerprint density at radius 3 is 2.30 bits per heavy atom. The lowest BCUT2D eigenvalue weighted by molar-refractivity contribution is -0.410. The molecule has 130 valence electrons. The predicted molar refractivity (Wildman–Crippen MR) is 77.3 cm³/mol. The maximum absolute atomic E-state index is 12.8. The Morgan fingerprint density at radius 1 is 1.22 bits per heavy atom. The molecule has 0 N–H and O–H groups in total. The van der Waals surface area contributed by atoms with Gasteiger partial charge in [0.15, 0.2) is 0 Å². The Balaban J connectivity index is 3.01. The summed E-state index contributed by atoms with van der Waals surface area (Å²) in [5, 5.41) is 0. The maximum Gasteiger partial charge on any atom is 0.525 e. The Bertz CT molecular complexity index is 490. The Kier molecular flexibility index (Phi) is 7.02. The zero-order chi connectivity index (χ0) is 17.5. The smallest absolute Gasteiger partial charge is 0.461 e. The minimum absolute atomic E-state index is 0.00694. The molecule has 2 atom stereocenters. The molecule has 0 heterocycles. The van der Waals surface area contributed by atoms with E-state index in [0.29, 0.717) is 12.3 Å². The first-order chi connectivity index (χ1) is 10.7. The van der Waals surface area contributed by atoms with Crippen LogP contribution in [0.1, 0.15) is 32.3 Å². The number of halogens is 3. The summed E-state index contributed by atoms with van der Waals surface area (Å²) in [6.45, 7) is 3.93. The zero-order valence-corrected chi connectivity index (χ0v) is 13.4. The average molecular weight is 334 g/mol. The molecule has 0 aromatic heterocycles. The van der Waals surface area contributed by atoms with Gasteiger partial charge in [-0.1, -0.05) is 50.6 Å². The summed E-state index contributed by atoms with van der Waals surface area (Å²) >= 11 is 0. The fourth-order valence-electron chi connectivity index (χ4n) is 1.93. The third-order valence-electron chi connectivity index (χ3n) is 3.51.